The Morgan fingerprint density at radius 3 is 1.46 bits per heavy atom. The van der Waals surface area contributed by atoms with Crippen LogP contribution in [0.25, 0.3) is 0 Å². The third-order valence-electron chi connectivity index (χ3n) is 0.669. The number of carboxylic acids is 1. The van der Waals surface area contributed by atoms with E-state index in [1.165, 1.54) is 0 Å². The van der Waals surface area contributed by atoms with Crippen LogP contribution in [0.15, 0.2) is 0 Å². The van der Waals surface area contributed by atoms with Crippen molar-refractivity contribution in [3.05, 3.63) is 0 Å². The van der Waals surface area contributed by atoms with Crippen molar-refractivity contribution in [3.63, 3.8) is 0 Å². The van der Waals surface area contributed by atoms with Gasteiger partial charge in [-0.05, 0) is 13.8 Å². The van der Waals surface area contributed by atoms with Gasteiger partial charge in [0, 0.05) is 0 Å². The molecule has 0 bridgehead atoms. The van der Waals surface area contributed by atoms with E-state index in [0.717, 1.165) is 0 Å². The number of aliphatic hydroxyl groups excluding tert-OH is 2. The molecule has 0 fully saturated rings. The number of nitrogens with one attached hydrogen (secondary N) is 1. The van der Waals surface area contributed by atoms with E-state index in [9.17, 15) is 4.79 Å². The summed E-state index contributed by atoms with van der Waals surface area (Å²) in [5.41, 5.74) is 0. The van der Waals surface area contributed by atoms with Crippen molar-refractivity contribution in [3.8, 4) is 0 Å². The lowest BCUT2D eigenvalue weighted by atomic mass is 10.6. The molecule has 0 saturated heterocycles. The lowest BCUT2D eigenvalue weighted by molar-refractivity contribution is -0.135. The molecule has 0 aromatic rings. The van der Waals surface area contributed by atoms with Gasteiger partial charge < -0.3 is 15.3 Å². The van der Waals surface area contributed by atoms with Crippen molar-refractivity contribution < 1.29 is 20.1 Å². The Balaban J connectivity index is 0. The van der Waals surface area contributed by atoms with Gasteiger partial charge in [-0.1, -0.05) is 23.2 Å². The minimum atomic E-state index is -1.29. The van der Waals surface area contributed by atoms with Gasteiger partial charge in [-0.15, -0.1) is 0 Å². The summed E-state index contributed by atoms with van der Waals surface area (Å²) in [5, 5.41) is 27.0. The van der Waals surface area contributed by atoms with Crippen LogP contribution in [0.4, 0.5) is 0 Å². The van der Waals surface area contributed by atoms with Crippen molar-refractivity contribution in [2.24, 2.45) is 0 Å². The standard InChI is InChI=1S/C4H11NO2.C2H2Cl2O2/c1-3(6)5-4(2)7;3-1(4)2(5)6/h3-7H,1-2H3;1H,(H,5,6). The SMILES string of the molecule is CC(O)NC(C)O.O=C(O)C(Cl)Cl. The zero-order valence-corrected chi connectivity index (χ0v) is 8.75. The van der Waals surface area contributed by atoms with Gasteiger partial charge in [-0.2, -0.15) is 0 Å². The van der Waals surface area contributed by atoms with E-state index in [0.29, 0.717) is 0 Å². The van der Waals surface area contributed by atoms with E-state index >= 15 is 0 Å². The number of aliphatic carboxylic acids is 1. The molecule has 0 aliphatic heterocycles. The van der Waals surface area contributed by atoms with Crippen LogP contribution in [0.3, 0.4) is 0 Å². The molecular formula is C6H13Cl2NO4. The molecule has 0 aliphatic carbocycles. The Morgan fingerprint density at radius 1 is 1.23 bits per heavy atom. The van der Waals surface area contributed by atoms with E-state index in [2.05, 4.69) is 5.32 Å². The second-order valence-corrected chi connectivity index (χ2v) is 3.25. The van der Waals surface area contributed by atoms with Crippen LogP contribution in [-0.4, -0.2) is 38.6 Å². The number of aliphatic hydroxyl groups is 2. The predicted octanol–water partition coefficient (Wildman–Crippen LogP) is 0.127. The quantitative estimate of drug-likeness (QED) is 0.411. The summed E-state index contributed by atoms with van der Waals surface area (Å²) in [6.45, 7) is 3.10. The van der Waals surface area contributed by atoms with E-state index in [1.807, 2.05) is 0 Å². The normalized spacial score (nSPS) is 14.4. The number of alkyl halides is 2. The van der Waals surface area contributed by atoms with E-state index < -0.39 is 23.3 Å². The highest BCUT2D eigenvalue weighted by Crippen LogP contribution is 1.98. The van der Waals surface area contributed by atoms with Gasteiger partial charge in [0.25, 0.3) is 0 Å². The Morgan fingerprint density at radius 2 is 1.46 bits per heavy atom. The van der Waals surface area contributed by atoms with Crippen LogP contribution in [-0.2, 0) is 4.79 Å². The largest absolute Gasteiger partial charge is 0.479 e. The van der Waals surface area contributed by atoms with Crippen molar-refractivity contribution in [2.45, 2.75) is 31.1 Å². The number of hydrogen-bond donors (Lipinski definition) is 4. The predicted molar refractivity (Wildman–Crippen MR) is 49.6 cm³/mol. The van der Waals surface area contributed by atoms with Crippen molar-refractivity contribution in [2.75, 3.05) is 0 Å². The fraction of sp³-hybridized carbons (Fsp3) is 0.833. The molecule has 0 aliphatic rings. The Kier molecular flexibility index (Phi) is 10.1. The number of carbonyl (C=O) groups is 1. The maximum atomic E-state index is 9.44. The fourth-order valence-corrected chi connectivity index (χ4v) is 0.349. The molecule has 0 spiro atoms. The van der Waals surface area contributed by atoms with Gasteiger partial charge in [0.1, 0.15) is 12.5 Å². The van der Waals surface area contributed by atoms with E-state index in [-0.39, 0.29) is 0 Å². The smallest absolute Gasteiger partial charge is 0.337 e. The molecule has 2 unspecified atom stereocenters. The van der Waals surface area contributed by atoms with Gasteiger partial charge in [-0.3, -0.25) is 5.32 Å². The average Bonchev–Trinajstić information content (AvgIpc) is 1.84. The Bertz CT molecular complexity index is 135. The summed E-state index contributed by atoms with van der Waals surface area (Å²) < 4.78 is 0. The topological polar surface area (TPSA) is 89.8 Å². The first-order valence-corrected chi connectivity index (χ1v) is 4.27. The number of rotatable bonds is 3. The molecule has 0 aromatic carbocycles. The van der Waals surface area contributed by atoms with Gasteiger partial charge in [-0.25, -0.2) is 4.79 Å². The maximum absolute atomic E-state index is 9.44. The van der Waals surface area contributed by atoms with Crippen molar-refractivity contribution >= 4 is 29.2 Å². The van der Waals surface area contributed by atoms with Crippen molar-refractivity contribution in [1.29, 1.82) is 0 Å². The molecule has 0 amide bonds. The molecular weight excluding hydrogens is 221 g/mol. The highest BCUT2D eigenvalue weighted by Gasteiger charge is 2.05. The number of halogens is 2. The molecule has 0 aromatic heterocycles. The summed E-state index contributed by atoms with van der Waals surface area (Å²) in [5.74, 6) is -1.21. The summed E-state index contributed by atoms with van der Waals surface area (Å²) in [4.78, 5) is 8.15. The molecule has 7 heteroatoms. The highest BCUT2D eigenvalue weighted by atomic mass is 35.5. The van der Waals surface area contributed by atoms with E-state index in [4.69, 9.17) is 38.5 Å². The lowest BCUT2D eigenvalue weighted by Crippen LogP contribution is -2.33. The van der Waals surface area contributed by atoms with Crippen LogP contribution >= 0.6 is 23.2 Å². The van der Waals surface area contributed by atoms with Crippen LogP contribution < -0.4 is 5.32 Å². The molecule has 0 saturated carbocycles. The first-order valence-electron chi connectivity index (χ1n) is 3.40. The zero-order chi connectivity index (χ0) is 11.0. The van der Waals surface area contributed by atoms with Gasteiger partial charge in [0.15, 0.2) is 0 Å². The molecule has 0 radical (unpaired) electrons. The monoisotopic (exact) mass is 233 g/mol. The van der Waals surface area contributed by atoms with Crippen LogP contribution in [0, 0.1) is 0 Å². The third-order valence-corrected chi connectivity index (χ3v) is 1.04. The number of hydrogen-bond acceptors (Lipinski definition) is 4. The van der Waals surface area contributed by atoms with Gasteiger partial charge >= 0.3 is 5.97 Å². The number of carboxylic acid groups (broad SMARTS) is 1. The van der Waals surface area contributed by atoms with Crippen LogP contribution in [0.2, 0.25) is 0 Å². The molecule has 0 heterocycles. The summed E-state index contributed by atoms with van der Waals surface area (Å²) in [7, 11) is 0. The summed E-state index contributed by atoms with van der Waals surface area (Å²) >= 11 is 9.56. The first kappa shape index (κ1) is 15.4. The minimum absolute atomic E-state index is 0.625. The van der Waals surface area contributed by atoms with Gasteiger partial charge in [0.2, 0.25) is 4.84 Å². The Labute approximate surface area is 86.3 Å². The average molecular weight is 234 g/mol. The second kappa shape index (κ2) is 8.52. The lowest BCUT2D eigenvalue weighted by Gasteiger charge is -2.08. The highest BCUT2D eigenvalue weighted by molar-refractivity contribution is 6.52. The third kappa shape index (κ3) is 18.7. The van der Waals surface area contributed by atoms with Gasteiger partial charge in [0.05, 0.1) is 0 Å². The zero-order valence-electron chi connectivity index (χ0n) is 7.24. The Hall–Kier alpha value is -0.0700. The molecule has 4 N–H and O–H groups in total. The molecule has 2 atom stereocenters. The first-order chi connectivity index (χ1) is 5.77. The molecule has 13 heavy (non-hydrogen) atoms. The molecule has 0 rings (SSSR count). The fourth-order valence-electron chi connectivity index (χ4n) is 0.349. The van der Waals surface area contributed by atoms with Crippen molar-refractivity contribution in [1.82, 2.24) is 5.32 Å². The van der Waals surface area contributed by atoms with Crippen LogP contribution in [0.5, 0.6) is 0 Å². The summed E-state index contributed by atoms with van der Waals surface area (Å²) in [6, 6.07) is 0. The van der Waals surface area contributed by atoms with Crippen LogP contribution in [0.1, 0.15) is 13.8 Å². The molecule has 80 valence electrons. The second-order valence-electron chi connectivity index (χ2n) is 2.16. The maximum Gasteiger partial charge on any atom is 0.337 e. The minimum Gasteiger partial charge on any atom is -0.479 e. The summed E-state index contributed by atoms with van der Waals surface area (Å²) in [6.07, 6.45) is -1.25. The molecule has 5 nitrogen and oxygen atoms in total. The van der Waals surface area contributed by atoms with E-state index in [1.54, 1.807) is 13.8 Å².